The topological polar surface area (TPSA) is 49.2 Å². The van der Waals surface area contributed by atoms with Crippen LogP contribution in [0.3, 0.4) is 0 Å². The van der Waals surface area contributed by atoms with Crippen molar-refractivity contribution in [1.82, 2.24) is 15.0 Å². The van der Waals surface area contributed by atoms with Crippen molar-refractivity contribution < 1.29 is 9.47 Å². The minimum Gasteiger partial charge on any atom is -0.378 e. The Morgan fingerprint density at radius 3 is 2.44 bits per heavy atom. The van der Waals surface area contributed by atoms with E-state index in [9.17, 15) is 0 Å². The van der Waals surface area contributed by atoms with Gasteiger partial charge in [-0.3, -0.25) is 0 Å². The number of methoxy groups -OCH3 is 2. The van der Waals surface area contributed by atoms with Crippen LogP contribution in [0.2, 0.25) is 0 Å². The van der Waals surface area contributed by atoms with Crippen LogP contribution in [0.4, 0.5) is 0 Å². The SMILES string of the molecule is COCc1nnn(Cc2ccccc2)c1COC. The van der Waals surface area contributed by atoms with E-state index >= 15 is 0 Å². The zero-order chi connectivity index (χ0) is 12.8. The van der Waals surface area contributed by atoms with Gasteiger partial charge < -0.3 is 9.47 Å². The monoisotopic (exact) mass is 247 g/mol. The molecule has 5 nitrogen and oxygen atoms in total. The molecule has 2 rings (SSSR count). The van der Waals surface area contributed by atoms with Crippen LogP contribution in [-0.4, -0.2) is 29.2 Å². The molecule has 0 aliphatic rings. The van der Waals surface area contributed by atoms with Gasteiger partial charge in [-0.2, -0.15) is 0 Å². The normalized spacial score (nSPS) is 10.8. The first-order valence-electron chi connectivity index (χ1n) is 5.78. The first-order chi connectivity index (χ1) is 8.85. The Hall–Kier alpha value is -1.72. The Balaban J connectivity index is 2.21. The van der Waals surface area contributed by atoms with Crippen LogP contribution in [0.1, 0.15) is 17.0 Å². The molecule has 1 aromatic carbocycles. The second kappa shape index (κ2) is 6.28. The van der Waals surface area contributed by atoms with E-state index < -0.39 is 0 Å². The first-order valence-corrected chi connectivity index (χ1v) is 5.78. The molecule has 0 fully saturated rings. The molecule has 0 saturated heterocycles. The van der Waals surface area contributed by atoms with Crippen molar-refractivity contribution in [3.8, 4) is 0 Å². The average Bonchev–Trinajstić information content (AvgIpc) is 2.75. The van der Waals surface area contributed by atoms with E-state index in [4.69, 9.17) is 9.47 Å². The van der Waals surface area contributed by atoms with Crippen LogP contribution in [0, 0.1) is 0 Å². The van der Waals surface area contributed by atoms with Crippen molar-refractivity contribution in [2.75, 3.05) is 14.2 Å². The van der Waals surface area contributed by atoms with Gasteiger partial charge in [0, 0.05) is 14.2 Å². The van der Waals surface area contributed by atoms with E-state index in [1.807, 2.05) is 22.9 Å². The summed E-state index contributed by atoms with van der Waals surface area (Å²) in [6, 6.07) is 10.1. The summed E-state index contributed by atoms with van der Waals surface area (Å²) in [7, 11) is 3.31. The lowest BCUT2D eigenvalue weighted by molar-refractivity contribution is 0.162. The molecule has 0 atom stereocenters. The largest absolute Gasteiger partial charge is 0.378 e. The fourth-order valence-corrected chi connectivity index (χ4v) is 1.80. The van der Waals surface area contributed by atoms with Gasteiger partial charge in [0.25, 0.3) is 0 Å². The molecule has 0 spiro atoms. The first kappa shape index (κ1) is 12.7. The summed E-state index contributed by atoms with van der Waals surface area (Å²) in [6.45, 7) is 1.63. The molecule has 0 radical (unpaired) electrons. The van der Waals surface area contributed by atoms with Crippen molar-refractivity contribution in [3.63, 3.8) is 0 Å². The molecule has 1 aromatic heterocycles. The summed E-state index contributed by atoms with van der Waals surface area (Å²) in [5, 5.41) is 8.28. The molecule has 1 heterocycles. The van der Waals surface area contributed by atoms with Crippen LogP contribution >= 0.6 is 0 Å². The highest BCUT2D eigenvalue weighted by molar-refractivity contribution is 5.17. The fraction of sp³-hybridized carbons (Fsp3) is 0.385. The smallest absolute Gasteiger partial charge is 0.114 e. The van der Waals surface area contributed by atoms with Gasteiger partial charge in [-0.25, -0.2) is 4.68 Å². The molecule has 0 unspecified atom stereocenters. The molecule has 18 heavy (non-hydrogen) atoms. The highest BCUT2D eigenvalue weighted by Gasteiger charge is 2.12. The number of nitrogens with zero attached hydrogens (tertiary/aromatic N) is 3. The van der Waals surface area contributed by atoms with Crippen LogP contribution in [0.25, 0.3) is 0 Å². The Bertz CT molecular complexity index is 482. The lowest BCUT2D eigenvalue weighted by atomic mass is 10.2. The lowest BCUT2D eigenvalue weighted by Gasteiger charge is -2.07. The molecule has 2 aromatic rings. The fourth-order valence-electron chi connectivity index (χ4n) is 1.80. The zero-order valence-electron chi connectivity index (χ0n) is 10.7. The summed E-state index contributed by atoms with van der Waals surface area (Å²) < 4.78 is 12.2. The minimum absolute atomic E-state index is 0.452. The maximum atomic E-state index is 5.20. The average molecular weight is 247 g/mol. The number of rotatable bonds is 6. The van der Waals surface area contributed by atoms with Gasteiger partial charge in [0.1, 0.15) is 5.69 Å². The molecule has 0 aliphatic heterocycles. The van der Waals surface area contributed by atoms with Gasteiger partial charge in [-0.05, 0) is 5.56 Å². The highest BCUT2D eigenvalue weighted by atomic mass is 16.5. The summed E-state index contributed by atoms with van der Waals surface area (Å²) in [6.07, 6.45) is 0. The molecule has 0 N–H and O–H groups in total. The molecule has 0 aliphatic carbocycles. The van der Waals surface area contributed by atoms with Crippen LogP contribution in [0.5, 0.6) is 0 Å². The van der Waals surface area contributed by atoms with E-state index in [2.05, 4.69) is 22.4 Å². The lowest BCUT2D eigenvalue weighted by Crippen LogP contribution is -2.08. The second-order valence-electron chi connectivity index (χ2n) is 3.99. The molecular formula is C13H17N3O2. The number of benzene rings is 1. The molecule has 0 bridgehead atoms. The number of ether oxygens (including phenoxy) is 2. The molecular weight excluding hydrogens is 230 g/mol. The Labute approximate surface area is 106 Å². The van der Waals surface area contributed by atoms with Crippen molar-refractivity contribution in [1.29, 1.82) is 0 Å². The molecule has 0 saturated carbocycles. The van der Waals surface area contributed by atoms with Gasteiger partial charge in [0.05, 0.1) is 25.5 Å². The Kier molecular flexibility index (Phi) is 4.44. The number of aromatic nitrogens is 3. The Morgan fingerprint density at radius 2 is 1.78 bits per heavy atom. The minimum atomic E-state index is 0.452. The van der Waals surface area contributed by atoms with Crippen LogP contribution in [0.15, 0.2) is 30.3 Å². The predicted octanol–water partition coefficient (Wildman–Crippen LogP) is 1.62. The van der Waals surface area contributed by atoms with E-state index in [0.29, 0.717) is 19.8 Å². The van der Waals surface area contributed by atoms with Gasteiger partial charge in [-0.1, -0.05) is 35.5 Å². The van der Waals surface area contributed by atoms with E-state index in [1.54, 1.807) is 14.2 Å². The molecule has 5 heteroatoms. The van der Waals surface area contributed by atoms with Crippen molar-refractivity contribution in [2.45, 2.75) is 19.8 Å². The quantitative estimate of drug-likeness (QED) is 0.778. The molecule has 0 amide bonds. The second-order valence-corrected chi connectivity index (χ2v) is 3.99. The van der Waals surface area contributed by atoms with E-state index in [-0.39, 0.29) is 0 Å². The van der Waals surface area contributed by atoms with Gasteiger partial charge >= 0.3 is 0 Å². The highest BCUT2D eigenvalue weighted by Crippen LogP contribution is 2.11. The third-order valence-corrected chi connectivity index (χ3v) is 2.66. The van der Waals surface area contributed by atoms with Crippen molar-refractivity contribution in [3.05, 3.63) is 47.3 Å². The summed E-state index contributed by atoms with van der Waals surface area (Å²) >= 11 is 0. The van der Waals surface area contributed by atoms with Crippen LogP contribution in [-0.2, 0) is 29.2 Å². The van der Waals surface area contributed by atoms with E-state index in [0.717, 1.165) is 11.4 Å². The van der Waals surface area contributed by atoms with Crippen molar-refractivity contribution >= 4 is 0 Å². The summed E-state index contributed by atoms with van der Waals surface area (Å²) in [5.41, 5.74) is 2.97. The summed E-state index contributed by atoms with van der Waals surface area (Å²) in [4.78, 5) is 0. The maximum Gasteiger partial charge on any atom is 0.114 e. The third kappa shape index (κ3) is 2.94. The Morgan fingerprint density at radius 1 is 1.06 bits per heavy atom. The standard InChI is InChI=1S/C13H17N3O2/c1-17-9-12-13(10-18-2)16(15-14-12)8-11-6-4-3-5-7-11/h3-7H,8-10H2,1-2H3. The number of hydrogen-bond donors (Lipinski definition) is 0. The van der Waals surface area contributed by atoms with Gasteiger partial charge in [-0.15, -0.1) is 5.10 Å². The van der Waals surface area contributed by atoms with Gasteiger partial charge in [0.2, 0.25) is 0 Å². The maximum absolute atomic E-state index is 5.20. The zero-order valence-corrected chi connectivity index (χ0v) is 10.7. The number of hydrogen-bond acceptors (Lipinski definition) is 4. The van der Waals surface area contributed by atoms with Crippen LogP contribution < -0.4 is 0 Å². The third-order valence-electron chi connectivity index (χ3n) is 2.66. The molecule has 96 valence electrons. The van der Waals surface area contributed by atoms with Gasteiger partial charge in [0.15, 0.2) is 0 Å². The summed E-state index contributed by atoms with van der Waals surface area (Å²) in [5.74, 6) is 0. The predicted molar refractivity (Wildman–Crippen MR) is 67.0 cm³/mol. The van der Waals surface area contributed by atoms with E-state index in [1.165, 1.54) is 5.56 Å². The van der Waals surface area contributed by atoms with Crippen molar-refractivity contribution in [2.24, 2.45) is 0 Å².